The number of hydrogen-bond donors (Lipinski definition) is 0. The second kappa shape index (κ2) is 8.66. The lowest BCUT2D eigenvalue weighted by molar-refractivity contribution is 0.0322. The SMILES string of the molecule is COCCCCOC1CCN(c2ccc(C#N)cc2)CC1. The third kappa shape index (κ3) is 5.04. The van der Waals surface area contributed by atoms with E-state index in [0.717, 1.165) is 52.0 Å². The summed E-state index contributed by atoms with van der Waals surface area (Å²) in [5, 5.41) is 8.82. The van der Waals surface area contributed by atoms with Crippen molar-refractivity contribution in [2.24, 2.45) is 0 Å². The van der Waals surface area contributed by atoms with Gasteiger partial charge in [-0.2, -0.15) is 5.26 Å². The second-order valence-electron chi connectivity index (χ2n) is 5.42. The summed E-state index contributed by atoms with van der Waals surface area (Å²) in [5.74, 6) is 0. The van der Waals surface area contributed by atoms with Crippen molar-refractivity contribution in [3.05, 3.63) is 29.8 Å². The van der Waals surface area contributed by atoms with Gasteiger partial charge in [0.25, 0.3) is 0 Å². The number of methoxy groups -OCH3 is 1. The van der Waals surface area contributed by atoms with Crippen molar-refractivity contribution < 1.29 is 9.47 Å². The second-order valence-corrected chi connectivity index (χ2v) is 5.42. The molecule has 0 spiro atoms. The lowest BCUT2D eigenvalue weighted by atomic mass is 10.1. The number of nitriles is 1. The highest BCUT2D eigenvalue weighted by molar-refractivity contribution is 5.49. The quantitative estimate of drug-likeness (QED) is 0.724. The number of hydrogen-bond acceptors (Lipinski definition) is 4. The van der Waals surface area contributed by atoms with Crippen molar-refractivity contribution >= 4 is 5.69 Å². The van der Waals surface area contributed by atoms with Gasteiger partial charge < -0.3 is 14.4 Å². The maximum absolute atomic E-state index is 8.82. The van der Waals surface area contributed by atoms with Gasteiger partial charge in [0.05, 0.1) is 17.7 Å². The van der Waals surface area contributed by atoms with E-state index in [1.54, 1.807) is 7.11 Å². The van der Waals surface area contributed by atoms with Crippen LogP contribution in [0.15, 0.2) is 24.3 Å². The van der Waals surface area contributed by atoms with Gasteiger partial charge in [-0.25, -0.2) is 0 Å². The van der Waals surface area contributed by atoms with Crippen LogP contribution in [0, 0.1) is 11.3 Å². The number of piperidine rings is 1. The van der Waals surface area contributed by atoms with E-state index in [1.807, 2.05) is 24.3 Å². The molecule has 2 rings (SSSR count). The van der Waals surface area contributed by atoms with Crippen LogP contribution in [0.3, 0.4) is 0 Å². The van der Waals surface area contributed by atoms with Gasteiger partial charge in [0, 0.05) is 39.1 Å². The molecule has 0 amide bonds. The first kappa shape index (κ1) is 15.8. The molecule has 0 N–H and O–H groups in total. The molecule has 0 aromatic heterocycles. The van der Waals surface area contributed by atoms with E-state index in [-0.39, 0.29) is 0 Å². The molecule has 1 saturated heterocycles. The Labute approximate surface area is 127 Å². The standard InChI is InChI=1S/C17H24N2O2/c1-20-12-2-3-13-21-17-8-10-19(11-9-17)16-6-4-15(14-18)5-7-16/h4-7,17H,2-3,8-13H2,1H3. The Morgan fingerprint density at radius 3 is 2.43 bits per heavy atom. The topological polar surface area (TPSA) is 45.5 Å². The van der Waals surface area contributed by atoms with Gasteiger partial charge in [-0.15, -0.1) is 0 Å². The van der Waals surface area contributed by atoms with Crippen molar-refractivity contribution in [3.63, 3.8) is 0 Å². The third-order valence-electron chi connectivity index (χ3n) is 3.90. The van der Waals surface area contributed by atoms with E-state index in [1.165, 1.54) is 5.69 Å². The van der Waals surface area contributed by atoms with Crippen LogP contribution in [-0.4, -0.2) is 39.5 Å². The molecule has 0 aliphatic carbocycles. The van der Waals surface area contributed by atoms with E-state index >= 15 is 0 Å². The van der Waals surface area contributed by atoms with Crippen LogP contribution < -0.4 is 4.90 Å². The average molecular weight is 288 g/mol. The molecule has 0 atom stereocenters. The number of nitrogens with zero attached hydrogens (tertiary/aromatic N) is 2. The summed E-state index contributed by atoms with van der Waals surface area (Å²) < 4.78 is 11.0. The van der Waals surface area contributed by atoms with E-state index in [9.17, 15) is 0 Å². The first-order valence-corrected chi connectivity index (χ1v) is 7.69. The highest BCUT2D eigenvalue weighted by Crippen LogP contribution is 2.21. The average Bonchev–Trinajstić information content (AvgIpc) is 2.55. The molecule has 0 unspecified atom stereocenters. The predicted molar refractivity (Wildman–Crippen MR) is 83.5 cm³/mol. The minimum absolute atomic E-state index is 0.391. The minimum Gasteiger partial charge on any atom is -0.385 e. The zero-order chi connectivity index (χ0) is 14.9. The molecule has 4 heteroatoms. The fourth-order valence-corrected chi connectivity index (χ4v) is 2.63. The van der Waals surface area contributed by atoms with Crippen molar-refractivity contribution in [2.45, 2.75) is 31.8 Å². The zero-order valence-electron chi connectivity index (χ0n) is 12.8. The zero-order valence-corrected chi connectivity index (χ0v) is 12.8. The van der Waals surface area contributed by atoms with Gasteiger partial charge in [0.15, 0.2) is 0 Å². The molecule has 1 aromatic rings. The summed E-state index contributed by atoms with van der Waals surface area (Å²) >= 11 is 0. The predicted octanol–water partition coefficient (Wildman–Crippen LogP) is 2.97. The Hall–Kier alpha value is -1.57. The van der Waals surface area contributed by atoms with Gasteiger partial charge in [-0.3, -0.25) is 0 Å². The molecule has 0 radical (unpaired) electrons. The van der Waals surface area contributed by atoms with Crippen molar-refractivity contribution in [2.75, 3.05) is 38.3 Å². The number of ether oxygens (including phenoxy) is 2. The Kier molecular flexibility index (Phi) is 6.52. The molecule has 1 aromatic carbocycles. The lowest BCUT2D eigenvalue weighted by Crippen LogP contribution is -2.37. The smallest absolute Gasteiger partial charge is 0.0991 e. The van der Waals surface area contributed by atoms with Gasteiger partial charge in [-0.1, -0.05) is 0 Å². The molecule has 1 heterocycles. The van der Waals surface area contributed by atoms with Crippen molar-refractivity contribution in [1.82, 2.24) is 0 Å². The lowest BCUT2D eigenvalue weighted by Gasteiger charge is -2.33. The van der Waals surface area contributed by atoms with Crippen molar-refractivity contribution in [1.29, 1.82) is 5.26 Å². The van der Waals surface area contributed by atoms with Crippen LogP contribution in [0.1, 0.15) is 31.2 Å². The maximum atomic E-state index is 8.82. The first-order valence-electron chi connectivity index (χ1n) is 7.69. The third-order valence-corrected chi connectivity index (χ3v) is 3.90. The van der Waals surface area contributed by atoms with E-state index < -0.39 is 0 Å². The molecule has 21 heavy (non-hydrogen) atoms. The summed E-state index contributed by atoms with van der Waals surface area (Å²) in [4.78, 5) is 2.37. The normalized spacial score (nSPS) is 15.9. The first-order chi connectivity index (χ1) is 10.3. The largest absolute Gasteiger partial charge is 0.385 e. The summed E-state index contributed by atoms with van der Waals surface area (Å²) in [5.41, 5.74) is 1.92. The molecule has 4 nitrogen and oxygen atoms in total. The van der Waals surface area contributed by atoms with Crippen LogP contribution in [0.5, 0.6) is 0 Å². The molecule has 1 aliphatic heterocycles. The molecule has 0 bridgehead atoms. The fraction of sp³-hybridized carbons (Fsp3) is 0.588. The van der Waals surface area contributed by atoms with Crippen LogP contribution in [0.25, 0.3) is 0 Å². The summed E-state index contributed by atoms with van der Waals surface area (Å²) in [7, 11) is 1.74. The Morgan fingerprint density at radius 2 is 1.81 bits per heavy atom. The molecular formula is C17H24N2O2. The van der Waals surface area contributed by atoms with Crippen LogP contribution in [-0.2, 0) is 9.47 Å². The molecule has 0 saturated carbocycles. The summed E-state index contributed by atoms with van der Waals surface area (Å²) in [6.07, 6.45) is 4.68. The van der Waals surface area contributed by atoms with Gasteiger partial charge in [0.1, 0.15) is 0 Å². The number of rotatable bonds is 7. The van der Waals surface area contributed by atoms with Crippen LogP contribution in [0.4, 0.5) is 5.69 Å². The van der Waals surface area contributed by atoms with E-state index in [0.29, 0.717) is 11.7 Å². The maximum Gasteiger partial charge on any atom is 0.0991 e. The number of benzene rings is 1. The van der Waals surface area contributed by atoms with Gasteiger partial charge >= 0.3 is 0 Å². The fourth-order valence-electron chi connectivity index (χ4n) is 2.63. The van der Waals surface area contributed by atoms with Gasteiger partial charge in [-0.05, 0) is 49.9 Å². The Balaban J connectivity index is 1.69. The molecule has 1 fully saturated rings. The van der Waals surface area contributed by atoms with Crippen LogP contribution in [0.2, 0.25) is 0 Å². The van der Waals surface area contributed by atoms with E-state index in [4.69, 9.17) is 14.7 Å². The highest BCUT2D eigenvalue weighted by atomic mass is 16.5. The van der Waals surface area contributed by atoms with E-state index in [2.05, 4.69) is 11.0 Å². The number of unbranched alkanes of at least 4 members (excludes halogenated alkanes) is 1. The monoisotopic (exact) mass is 288 g/mol. The molecule has 114 valence electrons. The number of anilines is 1. The Morgan fingerprint density at radius 1 is 1.14 bits per heavy atom. The van der Waals surface area contributed by atoms with Crippen LogP contribution >= 0.6 is 0 Å². The van der Waals surface area contributed by atoms with Crippen molar-refractivity contribution in [3.8, 4) is 6.07 Å². The molecular weight excluding hydrogens is 264 g/mol. The highest BCUT2D eigenvalue weighted by Gasteiger charge is 2.19. The van der Waals surface area contributed by atoms with Gasteiger partial charge in [0.2, 0.25) is 0 Å². The summed E-state index contributed by atoms with van der Waals surface area (Å²) in [6.45, 7) is 3.70. The minimum atomic E-state index is 0.391. The summed E-state index contributed by atoms with van der Waals surface area (Å²) in [6, 6.07) is 9.98. The Bertz CT molecular complexity index is 445. The molecule has 1 aliphatic rings.